The number of rotatable bonds is 4. The second-order valence-corrected chi connectivity index (χ2v) is 8.14. The van der Waals surface area contributed by atoms with Gasteiger partial charge in [0.1, 0.15) is 11.9 Å². The number of H-pyrrole nitrogens is 1. The Morgan fingerprint density at radius 1 is 0.968 bits per heavy atom. The van der Waals surface area contributed by atoms with Gasteiger partial charge in [0.2, 0.25) is 0 Å². The van der Waals surface area contributed by atoms with Crippen LogP contribution < -0.4 is 15.8 Å². The molecule has 0 aliphatic carbocycles. The summed E-state index contributed by atoms with van der Waals surface area (Å²) in [5, 5.41) is 0.943. The summed E-state index contributed by atoms with van der Waals surface area (Å²) >= 11 is 3.56. The van der Waals surface area contributed by atoms with Gasteiger partial charge in [-0.15, -0.1) is 0 Å². The van der Waals surface area contributed by atoms with Gasteiger partial charge in [0.05, 0.1) is 18.4 Å². The molecule has 6 heteroatoms. The number of hydrogen-bond donors (Lipinski definition) is 2. The predicted octanol–water partition coefficient (Wildman–Crippen LogP) is 5.58. The molecule has 0 saturated heterocycles. The summed E-state index contributed by atoms with van der Waals surface area (Å²) < 4.78 is 6.41. The summed E-state index contributed by atoms with van der Waals surface area (Å²) in [5.74, 6) is 0.728. The summed E-state index contributed by atoms with van der Waals surface area (Å²) in [7, 11) is 1.63. The molecule has 0 amide bonds. The van der Waals surface area contributed by atoms with Gasteiger partial charge >= 0.3 is 0 Å². The topological polar surface area (TPSA) is 63.4 Å². The van der Waals surface area contributed by atoms with Gasteiger partial charge in [-0.3, -0.25) is 15.1 Å². The highest BCUT2D eigenvalue weighted by Crippen LogP contribution is 2.38. The Kier molecular flexibility index (Phi) is 5.10. The van der Waals surface area contributed by atoms with Gasteiger partial charge in [-0.05, 0) is 35.9 Å². The molecule has 1 atom stereocenters. The number of benzene rings is 3. The van der Waals surface area contributed by atoms with Crippen molar-refractivity contribution in [2.24, 2.45) is 0 Å². The number of pyridine rings is 1. The summed E-state index contributed by atoms with van der Waals surface area (Å²) in [4.78, 5) is 22.1. The molecule has 0 saturated carbocycles. The fourth-order valence-electron chi connectivity index (χ4n) is 3.96. The Morgan fingerprint density at radius 2 is 1.74 bits per heavy atom. The Hall–Kier alpha value is -3.35. The lowest BCUT2D eigenvalue weighted by atomic mass is 9.94. The van der Waals surface area contributed by atoms with Crippen LogP contribution >= 0.6 is 15.9 Å². The number of para-hydroxylation sites is 1. The number of aromatic nitrogens is 1. The van der Waals surface area contributed by atoms with Crippen LogP contribution in [0.3, 0.4) is 0 Å². The van der Waals surface area contributed by atoms with Crippen LogP contribution in [-0.4, -0.2) is 12.1 Å². The van der Waals surface area contributed by atoms with Crippen LogP contribution in [0.1, 0.15) is 17.2 Å². The maximum Gasteiger partial charge on any atom is 0.258 e. The fourth-order valence-corrected chi connectivity index (χ4v) is 4.32. The maximum atomic E-state index is 13.2. The molecule has 1 aromatic heterocycles. The van der Waals surface area contributed by atoms with Crippen molar-refractivity contribution in [1.82, 2.24) is 10.5 Å². The third-order valence-electron chi connectivity index (χ3n) is 5.37. The van der Waals surface area contributed by atoms with E-state index < -0.39 is 0 Å². The largest absolute Gasteiger partial charge is 0.496 e. The maximum absolute atomic E-state index is 13.2. The average molecular weight is 475 g/mol. The van der Waals surface area contributed by atoms with E-state index in [9.17, 15) is 4.79 Å². The lowest BCUT2D eigenvalue weighted by molar-refractivity contribution is 0.0497. The monoisotopic (exact) mass is 474 g/mol. The van der Waals surface area contributed by atoms with Crippen molar-refractivity contribution in [2.75, 3.05) is 7.11 Å². The molecule has 5 rings (SSSR count). The average Bonchev–Trinajstić information content (AvgIpc) is 3.28. The molecule has 31 heavy (non-hydrogen) atoms. The number of hydrogen-bond acceptors (Lipinski definition) is 4. The fraction of sp³-hybridized carbons (Fsp3) is 0.0800. The lowest BCUT2D eigenvalue weighted by Crippen LogP contribution is -2.19. The first-order valence-corrected chi connectivity index (χ1v) is 10.6. The highest BCUT2D eigenvalue weighted by atomic mass is 79.9. The molecule has 0 bridgehead atoms. The highest BCUT2D eigenvalue weighted by Gasteiger charge is 2.26. The normalized spacial score (nSPS) is 15.5. The van der Waals surface area contributed by atoms with E-state index >= 15 is 0 Å². The molecule has 3 aromatic carbocycles. The molecular weight excluding hydrogens is 456 g/mol. The van der Waals surface area contributed by atoms with Gasteiger partial charge < -0.3 is 9.72 Å². The standard InChI is InChI=1S/C25H19BrN2O3/c1-30-21-10-6-5-9-17(21)22-14-20(28-31-22)24-23(15-7-3-2-4-8-15)18-13-16(26)11-12-19(18)27-25(24)29/h2-14,22,28H,1H3,(H,27,29)/t22-/m1/s1. The van der Waals surface area contributed by atoms with Crippen LogP contribution in [0.2, 0.25) is 0 Å². The quantitative estimate of drug-likeness (QED) is 0.405. The van der Waals surface area contributed by atoms with E-state index in [0.717, 1.165) is 37.8 Å². The number of halogens is 1. The zero-order valence-electron chi connectivity index (χ0n) is 16.7. The van der Waals surface area contributed by atoms with Gasteiger partial charge in [0, 0.05) is 26.5 Å². The first kappa shape index (κ1) is 19.6. The first-order chi connectivity index (χ1) is 15.2. The smallest absolute Gasteiger partial charge is 0.258 e. The number of fused-ring (bicyclic) bond motifs is 1. The van der Waals surface area contributed by atoms with Crippen molar-refractivity contribution < 1.29 is 9.57 Å². The minimum Gasteiger partial charge on any atom is -0.496 e. The molecule has 2 heterocycles. The Balaban J connectivity index is 1.74. The molecular formula is C25H19BrN2O3. The summed E-state index contributed by atoms with van der Waals surface area (Å²) in [6.07, 6.45) is 1.53. The Morgan fingerprint density at radius 3 is 2.55 bits per heavy atom. The molecule has 0 radical (unpaired) electrons. The molecule has 5 nitrogen and oxygen atoms in total. The number of methoxy groups -OCH3 is 1. The number of hydroxylamine groups is 1. The second kappa shape index (κ2) is 8.06. The minimum absolute atomic E-state index is 0.184. The molecule has 2 N–H and O–H groups in total. The molecule has 154 valence electrons. The van der Waals surface area contributed by atoms with Crippen molar-refractivity contribution in [2.45, 2.75) is 6.10 Å². The van der Waals surface area contributed by atoms with E-state index in [0.29, 0.717) is 11.3 Å². The highest BCUT2D eigenvalue weighted by molar-refractivity contribution is 9.10. The van der Waals surface area contributed by atoms with Crippen LogP contribution in [-0.2, 0) is 4.84 Å². The van der Waals surface area contributed by atoms with Crippen molar-refractivity contribution in [3.8, 4) is 16.9 Å². The van der Waals surface area contributed by atoms with Gasteiger partial charge in [-0.1, -0.05) is 64.5 Å². The van der Waals surface area contributed by atoms with E-state index in [1.807, 2.05) is 78.9 Å². The van der Waals surface area contributed by atoms with Crippen LogP contribution in [0, 0.1) is 0 Å². The van der Waals surface area contributed by atoms with Crippen LogP contribution in [0.25, 0.3) is 27.7 Å². The summed E-state index contributed by atoms with van der Waals surface area (Å²) in [6.45, 7) is 0. The molecule has 0 spiro atoms. The molecule has 1 aliphatic rings. The van der Waals surface area contributed by atoms with Gasteiger partial charge in [0.15, 0.2) is 0 Å². The third kappa shape index (κ3) is 3.54. The first-order valence-electron chi connectivity index (χ1n) is 9.83. The SMILES string of the molecule is COc1ccccc1[C@H]1C=C(c2c(-c3ccccc3)c3cc(Br)ccc3[nH]c2=O)NO1. The van der Waals surface area contributed by atoms with Gasteiger partial charge in [-0.2, -0.15) is 0 Å². The van der Waals surface area contributed by atoms with E-state index in [-0.39, 0.29) is 11.7 Å². The number of nitrogens with one attached hydrogen (secondary N) is 2. The predicted molar refractivity (Wildman–Crippen MR) is 126 cm³/mol. The second-order valence-electron chi connectivity index (χ2n) is 7.22. The van der Waals surface area contributed by atoms with E-state index in [4.69, 9.17) is 9.57 Å². The number of ether oxygens (including phenoxy) is 1. The summed E-state index contributed by atoms with van der Waals surface area (Å²) in [5.41, 5.74) is 7.41. The van der Waals surface area contributed by atoms with E-state index in [2.05, 4.69) is 26.4 Å². The number of aromatic amines is 1. The van der Waals surface area contributed by atoms with E-state index in [1.165, 1.54) is 0 Å². The zero-order valence-corrected chi connectivity index (χ0v) is 18.3. The van der Waals surface area contributed by atoms with Crippen LogP contribution in [0.4, 0.5) is 0 Å². The Bertz CT molecular complexity index is 1360. The van der Waals surface area contributed by atoms with Crippen molar-refractivity contribution in [1.29, 1.82) is 0 Å². The van der Waals surface area contributed by atoms with E-state index in [1.54, 1.807) is 7.11 Å². The van der Waals surface area contributed by atoms with Gasteiger partial charge in [-0.25, -0.2) is 0 Å². The lowest BCUT2D eigenvalue weighted by Gasteiger charge is -2.14. The Labute approximate surface area is 187 Å². The third-order valence-corrected chi connectivity index (χ3v) is 5.86. The van der Waals surface area contributed by atoms with Gasteiger partial charge in [0.25, 0.3) is 5.56 Å². The van der Waals surface area contributed by atoms with Crippen LogP contribution in [0.15, 0.2) is 88.1 Å². The molecule has 0 unspecified atom stereocenters. The molecule has 0 fully saturated rings. The zero-order chi connectivity index (χ0) is 21.4. The molecule has 1 aliphatic heterocycles. The summed E-state index contributed by atoms with van der Waals surface area (Å²) in [6, 6.07) is 23.4. The minimum atomic E-state index is -0.382. The van der Waals surface area contributed by atoms with Crippen molar-refractivity contribution >= 4 is 32.5 Å². The van der Waals surface area contributed by atoms with Crippen LogP contribution in [0.5, 0.6) is 5.75 Å². The van der Waals surface area contributed by atoms with Crippen molar-refractivity contribution in [3.05, 3.63) is 105 Å². The van der Waals surface area contributed by atoms with Crippen molar-refractivity contribution in [3.63, 3.8) is 0 Å². The molecule has 4 aromatic rings.